The van der Waals surface area contributed by atoms with Gasteiger partial charge in [0.25, 0.3) is 0 Å². The average Bonchev–Trinajstić information content (AvgIpc) is 2.48. The molecule has 5 heteroatoms. The van der Waals surface area contributed by atoms with Gasteiger partial charge in [-0.25, -0.2) is 0 Å². The van der Waals surface area contributed by atoms with Gasteiger partial charge in [-0.15, -0.1) is 0 Å². The van der Waals surface area contributed by atoms with Crippen molar-refractivity contribution in [2.45, 2.75) is 33.1 Å². The van der Waals surface area contributed by atoms with Gasteiger partial charge in [0.2, 0.25) is 11.8 Å². The summed E-state index contributed by atoms with van der Waals surface area (Å²) in [5.41, 5.74) is 1.53. The molecule has 0 bridgehead atoms. The topological polar surface area (TPSA) is 40.6 Å². The van der Waals surface area contributed by atoms with Gasteiger partial charge in [-0.2, -0.15) is 0 Å². The molecule has 21 heavy (non-hydrogen) atoms. The van der Waals surface area contributed by atoms with E-state index in [0.29, 0.717) is 10.7 Å². The van der Waals surface area contributed by atoms with E-state index >= 15 is 0 Å². The number of nitrogens with zero attached hydrogens (tertiary/aromatic N) is 2. The van der Waals surface area contributed by atoms with Crippen LogP contribution in [0.2, 0.25) is 5.02 Å². The van der Waals surface area contributed by atoms with E-state index in [0.717, 1.165) is 31.5 Å². The van der Waals surface area contributed by atoms with E-state index in [1.807, 2.05) is 17.9 Å². The molecule has 1 aromatic carbocycles. The third-order valence-corrected chi connectivity index (χ3v) is 4.32. The highest BCUT2D eigenvalue weighted by atomic mass is 35.5. The number of hydrogen-bond acceptors (Lipinski definition) is 2. The molecule has 0 spiro atoms. The average molecular weight is 309 g/mol. The first-order chi connectivity index (χ1) is 10.0. The largest absolute Gasteiger partial charge is 0.341 e. The molecule has 114 valence electrons. The Labute approximate surface area is 130 Å². The van der Waals surface area contributed by atoms with Crippen molar-refractivity contribution in [1.29, 1.82) is 0 Å². The third kappa shape index (κ3) is 3.76. The number of rotatable bonds is 3. The summed E-state index contributed by atoms with van der Waals surface area (Å²) in [5, 5.41) is 0.601. The number of piperidine rings is 1. The van der Waals surface area contributed by atoms with Crippen molar-refractivity contribution in [2.75, 3.05) is 24.5 Å². The van der Waals surface area contributed by atoms with Crippen LogP contribution in [0.15, 0.2) is 18.2 Å². The molecule has 1 fully saturated rings. The number of amides is 2. The van der Waals surface area contributed by atoms with E-state index in [4.69, 9.17) is 11.6 Å². The highest BCUT2D eigenvalue weighted by Crippen LogP contribution is 2.26. The van der Waals surface area contributed by atoms with Gasteiger partial charge in [0, 0.05) is 30.7 Å². The summed E-state index contributed by atoms with van der Waals surface area (Å²) < 4.78 is 0. The summed E-state index contributed by atoms with van der Waals surface area (Å²) >= 11 is 6.11. The zero-order valence-corrected chi connectivity index (χ0v) is 13.3. The minimum atomic E-state index is -0.147. The predicted molar refractivity (Wildman–Crippen MR) is 84.6 cm³/mol. The zero-order valence-electron chi connectivity index (χ0n) is 12.6. The zero-order chi connectivity index (χ0) is 15.4. The van der Waals surface area contributed by atoms with E-state index in [-0.39, 0.29) is 18.4 Å². The molecule has 4 nitrogen and oxygen atoms in total. The van der Waals surface area contributed by atoms with Gasteiger partial charge in [0.1, 0.15) is 6.54 Å². The Morgan fingerprint density at radius 3 is 2.52 bits per heavy atom. The number of halogens is 1. The van der Waals surface area contributed by atoms with Crippen LogP contribution in [-0.4, -0.2) is 36.3 Å². The highest BCUT2D eigenvalue weighted by molar-refractivity contribution is 6.31. The van der Waals surface area contributed by atoms with Crippen molar-refractivity contribution in [2.24, 2.45) is 0 Å². The molecule has 1 saturated heterocycles. The molecular formula is C16H21ClN2O2. The van der Waals surface area contributed by atoms with Crippen LogP contribution in [0.3, 0.4) is 0 Å². The monoisotopic (exact) mass is 308 g/mol. The lowest BCUT2D eigenvalue weighted by molar-refractivity contribution is -0.132. The van der Waals surface area contributed by atoms with E-state index in [1.165, 1.54) is 18.2 Å². The summed E-state index contributed by atoms with van der Waals surface area (Å²) in [6.45, 7) is 5.00. The first-order valence-corrected chi connectivity index (χ1v) is 7.69. The predicted octanol–water partition coefficient (Wildman–Crippen LogP) is 3.01. The van der Waals surface area contributed by atoms with Gasteiger partial charge >= 0.3 is 0 Å². The number of hydrogen-bond donors (Lipinski definition) is 0. The van der Waals surface area contributed by atoms with Crippen LogP contribution < -0.4 is 4.90 Å². The maximum absolute atomic E-state index is 12.4. The highest BCUT2D eigenvalue weighted by Gasteiger charge is 2.23. The molecule has 0 radical (unpaired) electrons. The molecule has 1 aromatic rings. The minimum Gasteiger partial charge on any atom is -0.341 e. The molecule has 0 unspecified atom stereocenters. The van der Waals surface area contributed by atoms with Crippen LogP contribution in [0, 0.1) is 6.92 Å². The van der Waals surface area contributed by atoms with Crippen LogP contribution >= 0.6 is 11.6 Å². The van der Waals surface area contributed by atoms with Gasteiger partial charge in [0.15, 0.2) is 0 Å². The van der Waals surface area contributed by atoms with E-state index in [2.05, 4.69) is 0 Å². The van der Waals surface area contributed by atoms with Gasteiger partial charge < -0.3 is 9.80 Å². The molecule has 1 aliphatic heterocycles. The van der Waals surface area contributed by atoms with Gasteiger partial charge in [-0.3, -0.25) is 9.59 Å². The SMILES string of the molecule is CC(=O)N(CC(=O)N1CCCCC1)c1cccc(Cl)c1C. The second-order valence-corrected chi connectivity index (χ2v) is 5.84. The van der Waals surface area contributed by atoms with Crippen molar-refractivity contribution in [3.05, 3.63) is 28.8 Å². The standard InChI is InChI=1S/C16H21ClN2O2/c1-12-14(17)7-6-8-15(12)19(13(2)20)11-16(21)18-9-4-3-5-10-18/h6-8H,3-5,9-11H2,1-2H3. The van der Waals surface area contributed by atoms with Gasteiger partial charge in [-0.1, -0.05) is 17.7 Å². The number of anilines is 1. The second-order valence-electron chi connectivity index (χ2n) is 5.43. The molecule has 2 amide bonds. The maximum atomic E-state index is 12.4. The molecule has 0 atom stereocenters. The fourth-order valence-electron chi connectivity index (χ4n) is 2.63. The fourth-order valence-corrected chi connectivity index (χ4v) is 2.80. The lowest BCUT2D eigenvalue weighted by Gasteiger charge is -2.30. The fraction of sp³-hybridized carbons (Fsp3) is 0.500. The number of carbonyl (C=O) groups excluding carboxylic acids is 2. The van der Waals surface area contributed by atoms with Crippen LogP contribution in [0.25, 0.3) is 0 Å². The summed E-state index contributed by atoms with van der Waals surface area (Å²) in [5.74, 6) is -0.144. The molecule has 0 saturated carbocycles. The molecule has 0 aliphatic carbocycles. The Kier molecular flexibility index (Phi) is 5.23. The Morgan fingerprint density at radius 2 is 1.90 bits per heavy atom. The Balaban J connectivity index is 2.17. The molecule has 1 heterocycles. The maximum Gasteiger partial charge on any atom is 0.242 e. The van der Waals surface area contributed by atoms with Gasteiger partial charge in [0.05, 0.1) is 0 Å². The lowest BCUT2D eigenvalue weighted by atomic mass is 10.1. The number of likely N-dealkylation sites (tertiary alicyclic amines) is 1. The minimum absolute atomic E-state index is 0.00396. The Hall–Kier alpha value is -1.55. The first-order valence-electron chi connectivity index (χ1n) is 7.31. The van der Waals surface area contributed by atoms with Crippen molar-refractivity contribution in [1.82, 2.24) is 4.90 Å². The molecule has 1 aliphatic rings. The summed E-state index contributed by atoms with van der Waals surface area (Å²) in [7, 11) is 0. The van der Waals surface area contributed by atoms with Crippen LogP contribution in [0.1, 0.15) is 31.7 Å². The Morgan fingerprint density at radius 1 is 1.24 bits per heavy atom. The molecule has 2 rings (SSSR count). The smallest absolute Gasteiger partial charge is 0.242 e. The van der Waals surface area contributed by atoms with Gasteiger partial charge in [-0.05, 0) is 43.9 Å². The third-order valence-electron chi connectivity index (χ3n) is 3.91. The van der Waals surface area contributed by atoms with E-state index in [9.17, 15) is 9.59 Å². The second kappa shape index (κ2) is 6.94. The Bertz CT molecular complexity index is 539. The van der Waals surface area contributed by atoms with Crippen molar-refractivity contribution < 1.29 is 9.59 Å². The normalized spacial score (nSPS) is 14.9. The van der Waals surface area contributed by atoms with Crippen LogP contribution in [-0.2, 0) is 9.59 Å². The van der Waals surface area contributed by atoms with Crippen molar-refractivity contribution >= 4 is 29.1 Å². The van der Waals surface area contributed by atoms with E-state index in [1.54, 1.807) is 12.1 Å². The van der Waals surface area contributed by atoms with Crippen molar-refractivity contribution in [3.8, 4) is 0 Å². The quantitative estimate of drug-likeness (QED) is 0.861. The summed E-state index contributed by atoms with van der Waals surface area (Å²) in [6.07, 6.45) is 3.26. The van der Waals surface area contributed by atoms with E-state index < -0.39 is 0 Å². The summed E-state index contributed by atoms with van der Waals surface area (Å²) in [4.78, 5) is 27.7. The van der Waals surface area contributed by atoms with Crippen LogP contribution in [0.4, 0.5) is 5.69 Å². The van der Waals surface area contributed by atoms with Crippen molar-refractivity contribution in [3.63, 3.8) is 0 Å². The number of benzene rings is 1. The lowest BCUT2D eigenvalue weighted by Crippen LogP contribution is -2.44. The summed E-state index contributed by atoms with van der Waals surface area (Å²) in [6, 6.07) is 5.41. The molecule has 0 N–H and O–H groups in total. The van der Waals surface area contributed by atoms with Crippen LogP contribution in [0.5, 0.6) is 0 Å². The molecular weight excluding hydrogens is 288 g/mol. The number of carbonyl (C=O) groups is 2. The first kappa shape index (κ1) is 15.8. The molecule has 0 aromatic heterocycles.